The van der Waals surface area contributed by atoms with Gasteiger partial charge in [0, 0.05) is 6.42 Å². The van der Waals surface area contributed by atoms with Gasteiger partial charge in [-0.3, -0.25) is 9.59 Å². The predicted molar refractivity (Wildman–Crippen MR) is 52.1 cm³/mol. The highest BCUT2D eigenvalue weighted by Crippen LogP contribution is 2.23. The van der Waals surface area contributed by atoms with Crippen molar-refractivity contribution in [1.82, 2.24) is 0 Å². The molecule has 0 rings (SSSR count). The minimum atomic E-state index is -0.858. The fourth-order valence-corrected chi connectivity index (χ4v) is 1.53. The van der Waals surface area contributed by atoms with Gasteiger partial charge in [-0.25, -0.2) is 0 Å². The maximum absolute atomic E-state index is 10.7. The van der Waals surface area contributed by atoms with Crippen LogP contribution >= 0.6 is 0 Å². The largest absolute Gasteiger partial charge is 0.481 e. The van der Waals surface area contributed by atoms with Crippen LogP contribution < -0.4 is 0 Å². The van der Waals surface area contributed by atoms with E-state index in [1.807, 2.05) is 6.92 Å². The van der Waals surface area contributed by atoms with E-state index in [4.69, 9.17) is 10.2 Å². The number of rotatable bonds is 7. The van der Waals surface area contributed by atoms with Crippen LogP contribution in [0.25, 0.3) is 0 Å². The van der Waals surface area contributed by atoms with Gasteiger partial charge in [-0.05, 0) is 18.8 Å². The zero-order valence-corrected chi connectivity index (χ0v) is 8.69. The smallest absolute Gasteiger partial charge is 0.306 e. The Balaban J connectivity index is 4.13. The number of carboxylic acids is 2. The maximum Gasteiger partial charge on any atom is 0.306 e. The summed E-state index contributed by atoms with van der Waals surface area (Å²) in [5.74, 6) is -2.17. The SMILES string of the molecule is CCCC(CCC(=O)O)C(C)C(=O)O. The summed E-state index contributed by atoms with van der Waals surface area (Å²) in [7, 11) is 0. The topological polar surface area (TPSA) is 74.6 Å². The van der Waals surface area contributed by atoms with Crippen molar-refractivity contribution in [2.45, 2.75) is 39.5 Å². The standard InChI is InChI=1S/C10H18O4/c1-3-4-8(5-6-9(11)12)7(2)10(13)14/h7-8H,3-6H2,1-2H3,(H,11,12)(H,13,14). The van der Waals surface area contributed by atoms with E-state index in [0.29, 0.717) is 6.42 Å². The van der Waals surface area contributed by atoms with Crippen LogP contribution in [0.15, 0.2) is 0 Å². The van der Waals surface area contributed by atoms with Crippen molar-refractivity contribution in [2.24, 2.45) is 11.8 Å². The molecule has 4 heteroatoms. The van der Waals surface area contributed by atoms with Crippen molar-refractivity contribution in [3.05, 3.63) is 0 Å². The lowest BCUT2D eigenvalue weighted by Gasteiger charge is -2.19. The van der Waals surface area contributed by atoms with E-state index in [2.05, 4.69) is 0 Å². The van der Waals surface area contributed by atoms with Gasteiger partial charge in [-0.15, -0.1) is 0 Å². The molecule has 0 spiro atoms. The molecule has 0 aliphatic heterocycles. The van der Waals surface area contributed by atoms with Crippen molar-refractivity contribution in [3.63, 3.8) is 0 Å². The summed E-state index contributed by atoms with van der Waals surface area (Å²) in [5.41, 5.74) is 0. The molecule has 4 nitrogen and oxygen atoms in total. The fraction of sp³-hybridized carbons (Fsp3) is 0.800. The minimum absolute atomic E-state index is 0.0198. The Labute approximate surface area is 83.9 Å². The van der Waals surface area contributed by atoms with Gasteiger partial charge in [-0.2, -0.15) is 0 Å². The molecule has 0 fully saturated rings. The summed E-state index contributed by atoms with van der Waals surface area (Å²) < 4.78 is 0. The molecule has 0 aromatic carbocycles. The van der Waals surface area contributed by atoms with Gasteiger partial charge in [0.1, 0.15) is 0 Å². The van der Waals surface area contributed by atoms with E-state index in [9.17, 15) is 9.59 Å². The van der Waals surface area contributed by atoms with E-state index in [1.165, 1.54) is 0 Å². The van der Waals surface area contributed by atoms with Crippen molar-refractivity contribution in [3.8, 4) is 0 Å². The molecular formula is C10H18O4. The molecule has 0 saturated heterocycles. The monoisotopic (exact) mass is 202 g/mol. The molecule has 0 aliphatic carbocycles. The van der Waals surface area contributed by atoms with Gasteiger partial charge >= 0.3 is 11.9 Å². The van der Waals surface area contributed by atoms with E-state index in [1.54, 1.807) is 6.92 Å². The van der Waals surface area contributed by atoms with Gasteiger partial charge in [-0.1, -0.05) is 20.3 Å². The van der Waals surface area contributed by atoms with Crippen LogP contribution in [0, 0.1) is 11.8 Å². The maximum atomic E-state index is 10.7. The minimum Gasteiger partial charge on any atom is -0.481 e. The van der Waals surface area contributed by atoms with Crippen LogP contribution in [-0.2, 0) is 9.59 Å². The van der Waals surface area contributed by atoms with Crippen LogP contribution in [0.2, 0.25) is 0 Å². The summed E-state index contributed by atoms with van der Waals surface area (Å²) in [4.78, 5) is 21.1. The summed E-state index contributed by atoms with van der Waals surface area (Å²) in [6.07, 6.45) is 2.18. The first-order valence-electron chi connectivity index (χ1n) is 4.93. The van der Waals surface area contributed by atoms with Crippen LogP contribution in [0.3, 0.4) is 0 Å². The van der Waals surface area contributed by atoms with E-state index in [-0.39, 0.29) is 12.3 Å². The molecule has 0 amide bonds. The molecule has 2 atom stereocenters. The summed E-state index contributed by atoms with van der Waals surface area (Å²) in [6, 6.07) is 0. The van der Waals surface area contributed by atoms with Crippen molar-refractivity contribution < 1.29 is 19.8 Å². The number of hydrogen-bond acceptors (Lipinski definition) is 2. The molecule has 0 aromatic heterocycles. The molecule has 0 aromatic rings. The fourth-order valence-electron chi connectivity index (χ4n) is 1.53. The lowest BCUT2D eigenvalue weighted by molar-refractivity contribution is -0.144. The molecule has 2 N–H and O–H groups in total. The van der Waals surface area contributed by atoms with E-state index in [0.717, 1.165) is 12.8 Å². The van der Waals surface area contributed by atoms with E-state index >= 15 is 0 Å². The zero-order valence-electron chi connectivity index (χ0n) is 8.69. The van der Waals surface area contributed by atoms with Gasteiger partial charge in [0.2, 0.25) is 0 Å². The predicted octanol–water partition coefficient (Wildman–Crippen LogP) is 1.99. The molecule has 2 unspecified atom stereocenters. The summed E-state index contributed by atoms with van der Waals surface area (Å²) >= 11 is 0. The third-order valence-corrected chi connectivity index (χ3v) is 2.49. The van der Waals surface area contributed by atoms with E-state index < -0.39 is 17.9 Å². The van der Waals surface area contributed by atoms with Crippen molar-refractivity contribution in [1.29, 1.82) is 0 Å². The van der Waals surface area contributed by atoms with Crippen molar-refractivity contribution >= 4 is 11.9 Å². The van der Waals surface area contributed by atoms with Crippen molar-refractivity contribution in [2.75, 3.05) is 0 Å². The Hall–Kier alpha value is -1.06. The Morgan fingerprint density at radius 2 is 1.79 bits per heavy atom. The average molecular weight is 202 g/mol. The Bertz CT molecular complexity index is 200. The Morgan fingerprint density at radius 1 is 1.21 bits per heavy atom. The number of carboxylic acid groups (broad SMARTS) is 2. The highest BCUT2D eigenvalue weighted by atomic mass is 16.4. The average Bonchev–Trinajstić information content (AvgIpc) is 2.10. The van der Waals surface area contributed by atoms with Gasteiger partial charge < -0.3 is 10.2 Å². The molecule has 0 radical (unpaired) electrons. The molecule has 82 valence electrons. The molecule has 0 heterocycles. The van der Waals surface area contributed by atoms with Crippen LogP contribution in [0.4, 0.5) is 0 Å². The molecule has 0 saturated carbocycles. The quantitative estimate of drug-likeness (QED) is 0.662. The van der Waals surface area contributed by atoms with Gasteiger partial charge in [0.05, 0.1) is 5.92 Å². The third kappa shape index (κ3) is 4.84. The lowest BCUT2D eigenvalue weighted by Crippen LogP contribution is -2.21. The van der Waals surface area contributed by atoms with Crippen LogP contribution in [0.1, 0.15) is 39.5 Å². The molecule has 14 heavy (non-hydrogen) atoms. The van der Waals surface area contributed by atoms with Crippen LogP contribution in [-0.4, -0.2) is 22.2 Å². The first-order valence-corrected chi connectivity index (χ1v) is 4.93. The second-order valence-corrected chi connectivity index (χ2v) is 3.61. The number of aliphatic carboxylic acids is 2. The normalized spacial score (nSPS) is 14.7. The van der Waals surface area contributed by atoms with Gasteiger partial charge in [0.25, 0.3) is 0 Å². The zero-order chi connectivity index (χ0) is 11.1. The third-order valence-electron chi connectivity index (χ3n) is 2.49. The number of carbonyl (C=O) groups is 2. The molecular weight excluding hydrogens is 184 g/mol. The molecule has 0 aliphatic rings. The first-order chi connectivity index (χ1) is 6.49. The second kappa shape index (κ2) is 6.40. The first kappa shape index (κ1) is 12.9. The Kier molecular flexibility index (Phi) is 5.92. The molecule has 0 bridgehead atoms. The summed E-state index contributed by atoms with van der Waals surface area (Å²) in [6.45, 7) is 3.62. The van der Waals surface area contributed by atoms with Crippen LogP contribution in [0.5, 0.6) is 0 Å². The Morgan fingerprint density at radius 3 is 2.14 bits per heavy atom. The summed E-state index contributed by atoms with van der Waals surface area (Å²) in [5, 5.41) is 17.3. The highest BCUT2D eigenvalue weighted by molar-refractivity contribution is 5.70. The second-order valence-electron chi connectivity index (χ2n) is 3.61. The van der Waals surface area contributed by atoms with Gasteiger partial charge in [0.15, 0.2) is 0 Å². The number of hydrogen-bond donors (Lipinski definition) is 2. The lowest BCUT2D eigenvalue weighted by atomic mass is 9.86. The highest BCUT2D eigenvalue weighted by Gasteiger charge is 2.23.